The molecule has 0 aromatic heterocycles. The van der Waals surface area contributed by atoms with Crippen LogP contribution in [-0.2, 0) is 4.74 Å². The third-order valence-corrected chi connectivity index (χ3v) is 1.51. The highest BCUT2D eigenvalue weighted by Gasteiger charge is 1.90. The minimum absolute atomic E-state index is 0.261. The first-order chi connectivity index (χ1) is 6.31. The van der Waals surface area contributed by atoms with E-state index in [0.29, 0.717) is 12.4 Å². The van der Waals surface area contributed by atoms with Crippen molar-refractivity contribution in [3.8, 4) is 0 Å². The monoisotopic (exact) mass is 182 g/mol. The van der Waals surface area contributed by atoms with Crippen LogP contribution in [-0.4, -0.2) is 18.3 Å². The molecule has 0 atom stereocenters. The van der Waals surface area contributed by atoms with E-state index in [-0.39, 0.29) is 6.61 Å². The molecular weight excluding hydrogens is 164 g/mol. The van der Waals surface area contributed by atoms with Crippen LogP contribution in [0.3, 0.4) is 0 Å². The molecule has 0 spiro atoms. The highest BCUT2D eigenvalue weighted by Crippen LogP contribution is 2.00. The molecule has 0 aliphatic rings. The molecule has 0 unspecified atom stereocenters. The van der Waals surface area contributed by atoms with Crippen LogP contribution in [0, 0.1) is 0 Å². The summed E-state index contributed by atoms with van der Waals surface area (Å²) < 4.78 is 5.28. The second-order valence-electron chi connectivity index (χ2n) is 2.69. The van der Waals surface area contributed by atoms with Crippen LogP contribution in [0.15, 0.2) is 37.1 Å². The van der Waals surface area contributed by atoms with Crippen molar-refractivity contribution in [1.29, 1.82) is 0 Å². The van der Waals surface area contributed by atoms with Crippen molar-refractivity contribution in [2.45, 2.75) is 19.3 Å². The minimum atomic E-state index is 0.261. The van der Waals surface area contributed by atoms with Gasteiger partial charge in [-0.2, -0.15) is 0 Å². The summed E-state index contributed by atoms with van der Waals surface area (Å²) in [7, 11) is 0. The lowest BCUT2D eigenvalue weighted by Gasteiger charge is -2.04. The van der Waals surface area contributed by atoms with Gasteiger partial charge in [-0.1, -0.05) is 25.3 Å². The molecule has 0 aliphatic heterocycles. The average molecular weight is 182 g/mol. The molecule has 0 radical (unpaired) electrons. The summed E-state index contributed by atoms with van der Waals surface area (Å²) in [5, 5.41) is 8.51. The fraction of sp³-hybridized carbons (Fsp3) is 0.455. The van der Waals surface area contributed by atoms with Gasteiger partial charge in [-0.15, -0.1) is 0 Å². The predicted octanol–water partition coefficient (Wildman–Crippen LogP) is 2.42. The third kappa shape index (κ3) is 8.89. The Balaban J connectivity index is 3.26. The Labute approximate surface area is 80.2 Å². The zero-order valence-corrected chi connectivity index (χ0v) is 8.04. The van der Waals surface area contributed by atoms with Gasteiger partial charge in [0.05, 0.1) is 6.61 Å². The molecule has 0 saturated heterocycles. The Hall–Kier alpha value is -1.02. The van der Waals surface area contributed by atoms with Crippen LogP contribution >= 0.6 is 0 Å². The van der Waals surface area contributed by atoms with Crippen molar-refractivity contribution in [2.75, 3.05) is 13.2 Å². The van der Waals surface area contributed by atoms with Crippen molar-refractivity contribution < 1.29 is 9.84 Å². The molecule has 2 nitrogen and oxygen atoms in total. The van der Waals surface area contributed by atoms with E-state index < -0.39 is 0 Å². The Morgan fingerprint density at radius 1 is 1.31 bits per heavy atom. The number of aliphatic hydroxyl groups is 1. The van der Waals surface area contributed by atoms with Gasteiger partial charge in [-0.05, 0) is 25.3 Å². The molecule has 0 aliphatic carbocycles. The smallest absolute Gasteiger partial charge is 0.112 e. The van der Waals surface area contributed by atoms with Crippen molar-refractivity contribution in [3.63, 3.8) is 0 Å². The molecule has 1 N–H and O–H groups in total. The summed E-state index contributed by atoms with van der Waals surface area (Å²) in [6, 6.07) is 0. The summed E-state index contributed by atoms with van der Waals surface area (Å²) in [5.41, 5.74) is 0. The number of unbranched alkanes of at least 4 members (excludes halogenated alkanes) is 2. The maximum absolute atomic E-state index is 8.51. The van der Waals surface area contributed by atoms with Gasteiger partial charge in [0, 0.05) is 6.61 Å². The fourth-order valence-corrected chi connectivity index (χ4v) is 0.817. The summed E-state index contributed by atoms with van der Waals surface area (Å²) in [6.07, 6.45) is 8.05. The summed E-state index contributed by atoms with van der Waals surface area (Å²) in [6.45, 7) is 8.17. The van der Waals surface area contributed by atoms with Crippen LogP contribution < -0.4 is 0 Å². The van der Waals surface area contributed by atoms with E-state index in [0.717, 1.165) is 19.3 Å². The topological polar surface area (TPSA) is 29.5 Å². The Morgan fingerprint density at radius 3 is 2.69 bits per heavy atom. The molecule has 2 heteroatoms. The van der Waals surface area contributed by atoms with E-state index >= 15 is 0 Å². The van der Waals surface area contributed by atoms with Crippen LogP contribution in [0.25, 0.3) is 0 Å². The molecule has 0 rings (SSSR count). The van der Waals surface area contributed by atoms with Gasteiger partial charge < -0.3 is 9.84 Å². The van der Waals surface area contributed by atoms with Gasteiger partial charge in [0.2, 0.25) is 0 Å². The number of allylic oxidation sites excluding steroid dienone is 3. The van der Waals surface area contributed by atoms with E-state index in [2.05, 4.69) is 13.2 Å². The second-order valence-corrected chi connectivity index (χ2v) is 2.69. The van der Waals surface area contributed by atoms with Crippen LogP contribution in [0.2, 0.25) is 0 Å². The molecule has 0 fully saturated rings. The number of hydrogen-bond acceptors (Lipinski definition) is 2. The number of rotatable bonds is 8. The van der Waals surface area contributed by atoms with Gasteiger partial charge >= 0.3 is 0 Å². The summed E-state index contributed by atoms with van der Waals surface area (Å²) in [5.74, 6) is 0.656. The number of aliphatic hydroxyl groups excluding tert-OH is 1. The normalized spacial score (nSPS) is 10.2. The zero-order chi connectivity index (χ0) is 9.94. The highest BCUT2D eigenvalue weighted by atomic mass is 16.5. The fourth-order valence-electron chi connectivity index (χ4n) is 0.817. The standard InChI is InChI=1S/C11H18O2/c1-3-4-8-11(2)13-10-7-5-6-9-12/h3-4,8,12H,1-2,5-7,9-10H2/b8-4-. The Kier molecular flexibility index (Phi) is 8.36. The van der Waals surface area contributed by atoms with E-state index in [1.54, 1.807) is 18.2 Å². The molecule has 13 heavy (non-hydrogen) atoms. The highest BCUT2D eigenvalue weighted by molar-refractivity contribution is 5.12. The molecule has 0 bridgehead atoms. The first-order valence-electron chi connectivity index (χ1n) is 4.53. The first-order valence-corrected chi connectivity index (χ1v) is 4.53. The van der Waals surface area contributed by atoms with Crippen molar-refractivity contribution in [2.24, 2.45) is 0 Å². The third-order valence-electron chi connectivity index (χ3n) is 1.51. The van der Waals surface area contributed by atoms with Gasteiger partial charge in [-0.3, -0.25) is 0 Å². The minimum Gasteiger partial charge on any atom is -0.494 e. The van der Waals surface area contributed by atoms with Gasteiger partial charge in [0.25, 0.3) is 0 Å². The Morgan fingerprint density at radius 2 is 2.08 bits per heavy atom. The molecule has 0 heterocycles. The lowest BCUT2D eigenvalue weighted by molar-refractivity contribution is 0.212. The molecular formula is C11H18O2. The lowest BCUT2D eigenvalue weighted by Crippen LogP contribution is -1.93. The molecule has 0 aromatic carbocycles. The van der Waals surface area contributed by atoms with Crippen molar-refractivity contribution in [3.05, 3.63) is 37.1 Å². The van der Waals surface area contributed by atoms with Crippen LogP contribution in [0.4, 0.5) is 0 Å². The van der Waals surface area contributed by atoms with E-state index in [9.17, 15) is 0 Å². The number of hydrogen-bond donors (Lipinski definition) is 1. The van der Waals surface area contributed by atoms with E-state index in [4.69, 9.17) is 9.84 Å². The van der Waals surface area contributed by atoms with Crippen molar-refractivity contribution >= 4 is 0 Å². The predicted molar refractivity (Wildman–Crippen MR) is 55.4 cm³/mol. The Bertz CT molecular complexity index is 171. The summed E-state index contributed by atoms with van der Waals surface area (Å²) in [4.78, 5) is 0. The molecule has 0 amide bonds. The number of ether oxygens (including phenoxy) is 1. The van der Waals surface area contributed by atoms with Gasteiger partial charge in [0.15, 0.2) is 0 Å². The SMILES string of the molecule is C=C/C=C\C(=C)OCCCCCO. The second kappa shape index (κ2) is 9.07. The first kappa shape index (κ1) is 12.0. The van der Waals surface area contributed by atoms with Gasteiger partial charge in [0.1, 0.15) is 5.76 Å². The van der Waals surface area contributed by atoms with Crippen LogP contribution in [0.1, 0.15) is 19.3 Å². The van der Waals surface area contributed by atoms with Crippen molar-refractivity contribution in [1.82, 2.24) is 0 Å². The van der Waals surface area contributed by atoms with Crippen LogP contribution in [0.5, 0.6) is 0 Å². The molecule has 74 valence electrons. The summed E-state index contributed by atoms with van der Waals surface area (Å²) >= 11 is 0. The largest absolute Gasteiger partial charge is 0.494 e. The van der Waals surface area contributed by atoms with E-state index in [1.165, 1.54) is 0 Å². The van der Waals surface area contributed by atoms with Gasteiger partial charge in [-0.25, -0.2) is 0 Å². The maximum Gasteiger partial charge on any atom is 0.112 e. The lowest BCUT2D eigenvalue weighted by atomic mass is 10.2. The zero-order valence-electron chi connectivity index (χ0n) is 8.04. The quantitative estimate of drug-likeness (QED) is 0.355. The molecule has 0 saturated carbocycles. The van der Waals surface area contributed by atoms with E-state index in [1.807, 2.05) is 0 Å². The average Bonchev–Trinajstić information content (AvgIpc) is 2.14. The molecule has 0 aromatic rings. The maximum atomic E-state index is 8.51.